The Labute approximate surface area is 150 Å². The number of hydrogen-bond donors (Lipinski definition) is 2. The number of carbonyl (C=O) groups excluding carboxylic acids is 1. The molecule has 1 aliphatic carbocycles. The van der Waals surface area contributed by atoms with Crippen LogP contribution in [0.25, 0.3) is 0 Å². The minimum Gasteiger partial charge on any atom is -0.459 e. The number of benzene rings is 1. The van der Waals surface area contributed by atoms with Gasteiger partial charge in [-0.15, -0.1) is 0 Å². The van der Waals surface area contributed by atoms with Gasteiger partial charge in [0.1, 0.15) is 11.6 Å². The molecule has 2 heterocycles. The van der Waals surface area contributed by atoms with Crippen LogP contribution in [-0.2, 0) is 14.9 Å². The molecule has 4 rings (SSSR count). The lowest BCUT2D eigenvalue weighted by molar-refractivity contribution is -0.157. The lowest BCUT2D eigenvalue weighted by Crippen LogP contribution is -2.57. The van der Waals surface area contributed by atoms with E-state index in [1.165, 1.54) is 30.5 Å². The summed E-state index contributed by atoms with van der Waals surface area (Å²) in [5.74, 6) is -0.0984. The van der Waals surface area contributed by atoms with Crippen LogP contribution in [0.5, 0.6) is 0 Å². The molecule has 25 heavy (non-hydrogen) atoms. The molecule has 1 aromatic carbocycles. The number of carbonyl (C=O) groups is 1. The summed E-state index contributed by atoms with van der Waals surface area (Å²) in [7, 11) is 0. The highest BCUT2D eigenvalue weighted by Crippen LogP contribution is 2.55. The number of nitrogens with one attached hydrogen (secondary N) is 2. The summed E-state index contributed by atoms with van der Waals surface area (Å²) < 4.78 is 5.72. The van der Waals surface area contributed by atoms with E-state index >= 15 is 0 Å². The standard InChI is InChI=1S/C21H30N2O2/c1-19(2,3)25-18(24)17-13-20(21(23-17)11-7-4-8-12-21)14-22-16-10-6-5-9-15(16)20/h5-6,9-10,17,22-23H,4,7-8,11-14H2,1-3H3. The van der Waals surface area contributed by atoms with E-state index in [4.69, 9.17) is 4.74 Å². The van der Waals surface area contributed by atoms with Gasteiger partial charge in [0.15, 0.2) is 0 Å². The van der Waals surface area contributed by atoms with Crippen molar-refractivity contribution in [3.05, 3.63) is 29.8 Å². The summed E-state index contributed by atoms with van der Waals surface area (Å²) in [5, 5.41) is 7.41. The highest BCUT2D eigenvalue weighted by molar-refractivity contribution is 5.78. The van der Waals surface area contributed by atoms with Gasteiger partial charge in [-0.2, -0.15) is 0 Å². The monoisotopic (exact) mass is 342 g/mol. The van der Waals surface area contributed by atoms with Gasteiger partial charge >= 0.3 is 5.97 Å². The predicted octanol–water partition coefficient (Wildman–Crippen LogP) is 3.76. The molecule has 4 heteroatoms. The second-order valence-corrected chi connectivity index (χ2v) is 9.06. The Kier molecular flexibility index (Phi) is 3.87. The van der Waals surface area contributed by atoms with E-state index in [9.17, 15) is 4.79 Å². The van der Waals surface area contributed by atoms with E-state index in [0.717, 1.165) is 25.8 Å². The van der Waals surface area contributed by atoms with Gasteiger partial charge in [0.25, 0.3) is 0 Å². The van der Waals surface area contributed by atoms with Gasteiger partial charge in [0.2, 0.25) is 0 Å². The van der Waals surface area contributed by atoms with Crippen LogP contribution in [-0.4, -0.2) is 29.7 Å². The largest absolute Gasteiger partial charge is 0.459 e. The first-order valence-electron chi connectivity index (χ1n) is 9.69. The average Bonchev–Trinajstić information content (AvgIpc) is 3.08. The molecule has 4 nitrogen and oxygen atoms in total. The van der Waals surface area contributed by atoms with Gasteiger partial charge in [-0.1, -0.05) is 37.5 Å². The van der Waals surface area contributed by atoms with E-state index in [1.54, 1.807) is 0 Å². The highest BCUT2D eigenvalue weighted by Gasteiger charge is 2.62. The molecule has 3 aliphatic rings. The summed E-state index contributed by atoms with van der Waals surface area (Å²) in [5.41, 5.74) is 2.17. The summed E-state index contributed by atoms with van der Waals surface area (Å²) in [6.07, 6.45) is 6.87. The van der Waals surface area contributed by atoms with Crippen molar-refractivity contribution < 1.29 is 9.53 Å². The van der Waals surface area contributed by atoms with E-state index in [0.29, 0.717) is 0 Å². The average molecular weight is 342 g/mol. The lowest BCUT2D eigenvalue weighted by atomic mass is 9.61. The second kappa shape index (κ2) is 5.73. The van der Waals surface area contributed by atoms with Crippen molar-refractivity contribution in [1.29, 1.82) is 0 Å². The van der Waals surface area contributed by atoms with Gasteiger partial charge in [-0.3, -0.25) is 10.1 Å². The van der Waals surface area contributed by atoms with Crippen molar-refractivity contribution in [2.45, 2.75) is 81.9 Å². The fraction of sp³-hybridized carbons (Fsp3) is 0.667. The predicted molar refractivity (Wildman–Crippen MR) is 99.8 cm³/mol. The van der Waals surface area contributed by atoms with Crippen LogP contribution in [0.1, 0.15) is 64.9 Å². The van der Waals surface area contributed by atoms with Crippen LogP contribution in [0.2, 0.25) is 0 Å². The minimum absolute atomic E-state index is 0.00637. The summed E-state index contributed by atoms with van der Waals surface area (Å²) in [6.45, 7) is 6.74. The number of ether oxygens (including phenoxy) is 1. The van der Waals surface area contributed by atoms with E-state index in [2.05, 4.69) is 34.9 Å². The van der Waals surface area contributed by atoms with Crippen LogP contribution in [0.4, 0.5) is 5.69 Å². The molecule has 2 atom stereocenters. The fourth-order valence-corrected chi connectivity index (χ4v) is 5.36. The summed E-state index contributed by atoms with van der Waals surface area (Å²) in [4.78, 5) is 12.8. The number of para-hydroxylation sites is 1. The SMILES string of the molecule is CC(C)(C)OC(=O)C1CC2(CNc3ccccc32)C2(CCCCC2)N1. The second-order valence-electron chi connectivity index (χ2n) is 9.06. The molecule has 0 amide bonds. The maximum atomic E-state index is 12.8. The first kappa shape index (κ1) is 16.9. The zero-order valence-electron chi connectivity index (χ0n) is 15.7. The first-order chi connectivity index (χ1) is 11.9. The molecular formula is C21H30N2O2. The van der Waals surface area contributed by atoms with Gasteiger partial charge in [0, 0.05) is 23.2 Å². The Morgan fingerprint density at radius 3 is 2.60 bits per heavy atom. The van der Waals surface area contributed by atoms with Crippen molar-refractivity contribution in [3.63, 3.8) is 0 Å². The highest BCUT2D eigenvalue weighted by atomic mass is 16.6. The van der Waals surface area contributed by atoms with Crippen LogP contribution in [0.3, 0.4) is 0 Å². The molecule has 1 saturated heterocycles. The van der Waals surface area contributed by atoms with Crippen molar-refractivity contribution in [2.24, 2.45) is 0 Å². The van der Waals surface area contributed by atoms with E-state index in [1.807, 2.05) is 20.8 Å². The molecule has 1 saturated carbocycles. The molecule has 0 bridgehead atoms. The Hall–Kier alpha value is -1.55. The Morgan fingerprint density at radius 2 is 1.88 bits per heavy atom. The molecule has 2 unspecified atom stereocenters. The lowest BCUT2D eigenvalue weighted by Gasteiger charge is -2.46. The molecule has 136 valence electrons. The maximum absolute atomic E-state index is 12.8. The third-order valence-corrected chi connectivity index (χ3v) is 6.34. The molecule has 2 fully saturated rings. The van der Waals surface area contributed by atoms with Crippen LogP contribution in [0.15, 0.2) is 24.3 Å². The van der Waals surface area contributed by atoms with Gasteiger partial charge in [-0.25, -0.2) is 0 Å². The first-order valence-corrected chi connectivity index (χ1v) is 9.69. The van der Waals surface area contributed by atoms with Crippen LogP contribution in [0, 0.1) is 0 Å². The summed E-state index contributed by atoms with van der Waals surface area (Å²) in [6, 6.07) is 8.42. The normalized spacial score (nSPS) is 30.3. The van der Waals surface area contributed by atoms with Gasteiger partial charge in [-0.05, 0) is 51.7 Å². The molecule has 1 aromatic rings. The van der Waals surface area contributed by atoms with Crippen molar-refractivity contribution in [3.8, 4) is 0 Å². The number of rotatable bonds is 1. The molecule has 2 spiro atoms. The van der Waals surface area contributed by atoms with Crippen LogP contribution < -0.4 is 10.6 Å². The topological polar surface area (TPSA) is 50.4 Å². The third-order valence-electron chi connectivity index (χ3n) is 6.34. The zero-order valence-corrected chi connectivity index (χ0v) is 15.7. The number of fused-ring (bicyclic) bond motifs is 3. The molecule has 0 aromatic heterocycles. The molecule has 2 aliphatic heterocycles. The Balaban J connectivity index is 1.71. The number of esters is 1. The zero-order chi connectivity index (χ0) is 17.7. The van der Waals surface area contributed by atoms with Gasteiger partial charge < -0.3 is 10.1 Å². The number of hydrogen-bond acceptors (Lipinski definition) is 4. The fourth-order valence-electron chi connectivity index (χ4n) is 5.36. The molecule has 0 radical (unpaired) electrons. The molecule has 2 N–H and O–H groups in total. The number of anilines is 1. The third kappa shape index (κ3) is 2.66. The van der Waals surface area contributed by atoms with E-state index in [-0.39, 0.29) is 23.0 Å². The maximum Gasteiger partial charge on any atom is 0.323 e. The molecular weight excluding hydrogens is 312 g/mol. The van der Waals surface area contributed by atoms with Crippen molar-refractivity contribution in [1.82, 2.24) is 5.32 Å². The summed E-state index contributed by atoms with van der Waals surface area (Å²) >= 11 is 0. The van der Waals surface area contributed by atoms with Crippen molar-refractivity contribution in [2.75, 3.05) is 11.9 Å². The van der Waals surface area contributed by atoms with Gasteiger partial charge in [0.05, 0.1) is 0 Å². The van der Waals surface area contributed by atoms with E-state index < -0.39 is 5.60 Å². The minimum atomic E-state index is -0.444. The van der Waals surface area contributed by atoms with Crippen LogP contribution >= 0.6 is 0 Å². The van der Waals surface area contributed by atoms with Crippen molar-refractivity contribution >= 4 is 11.7 Å². The Bertz CT molecular complexity index is 673. The smallest absolute Gasteiger partial charge is 0.323 e. The quantitative estimate of drug-likeness (QED) is 0.763. The Morgan fingerprint density at radius 1 is 1.16 bits per heavy atom.